The van der Waals surface area contributed by atoms with E-state index < -0.39 is 22.6 Å². The smallest absolute Gasteiger partial charge is 0.400 e. The third kappa shape index (κ3) is 2.42. The van der Waals surface area contributed by atoms with Gasteiger partial charge in [-0.05, 0) is 43.5 Å². The normalized spacial score (nSPS) is 29.3. The molecule has 0 aromatic heterocycles. The Morgan fingerprint density at radius 2 is 1.52 bits per heavy atom. The first-order chi connectivity index (χ1) is 12.1. The topological polar surface area (TPSA) is 65.1 Å². The van der Waals surface area contributed by atoms with Gasteiger partial charge in [0.15, 0.2) is 11.5 Å². The maximum atomic E-state index is 11.8. The molecule has 0 spiro atoms. The van der Waals surface area contributed by atoms with E-state index >= 15 is 0 Å². The third-order valence-corrected chi connectivity index (χ3v) is 5.95. The van der Waals surface area contributed by atoms with Crippen LogP contribution in [0.15, 0.2) is 48.5 Å². The van der Waals surface area contributed by atoms with Gasteiger partial charge in [-0.25, -0.2) is 8.37 Å². The molecule has 5 rings (SSSR count). The third-order valence-electron chi connectivity index (χ3n) is 5.01. The number of benzene rings is 2. The highest BCUT2D eigenvalue weighted by Crippen LogP contribution is 2.50. The average Bonchev–Trinajstić information content (AvgIpc) is 2.93. The van der Waals surface area contributed by atoms with E-state index in [4.69, 9.17) is 13.1 Å². The van der Waals surface area contributed by atoms with E-state index in [2.05, 4.69) is 4.90 Å². The molecule has 7 heteroatoms. The summed E-state index contributed by atoms with van der Waals surface area (Å²) < 4.78 is 40.1. The second-order valence-electron chi connectivity index (χ2n) is 6.51. The highest BCUT2D eigenvalue weighted by molar-refractivity contribution is 7.82. The van der Waals surface area contributed by atoms with Crippen molar-refractivity contribution in [1.29, 1.82) is 0 Å². The molecule has 2 heterocycles. The Hall–Kier alpha value is -2.09. The molecular formula is C18H17NO5S. The zero-order valence-corrected chi connectivity index (χ0v) is 14.2. The second-order valence-corrected chi connectivity index (χ2v) is 7.71. The average molecular weight is 359 g/mol. The Labute approximate surface area is 146 Å². The highest BCUT2D eigenvalue weighted by atomic mass is 32.3. The quantitative estimate of drug-likeness (QED) is 0.776. The van der Waals surface area contributed by atoms with Crippen molar-refractivity contribution in [1.82, 2.24) is 0 Å². The monoisotopic (exact) mass is 359 g/mol. The predicted molar refractivity (Wildman–Crippen MR) is 91.4 cm³/mol. The summed E-state index contributed by atoms with van der Waals surface area (Å²) in [7, 11) is -3.91. The fourth-order valence-electron chi connectivity index (χ4n) is 4.01. The first-order valence-electron chi connectivity index (χ1n) is 8.39. The van der Waals surface area contributed by atoms with Crippen molar-refractivity contribution in [3.05, 3.63) is 48.5 Å². The van der Waals surface area contributed by atoms with Gasteiger partial charge in [0.1, 0.15) is 12.2 Å². The predicted octanol–water partition coefficient (Wildman–Crippen LogP) is 3.51. The molecular weight excluding hydrogens is 342 g/mol. The van der Waals surface area contributed by atoms with Crippen LogP contribution in [0.4, 0.5) is 11.4 Å². The van der Waals surface area contributed by atoms with Gasteiger partial charge < -0.3 is 9.64 Å². The molecule has 0 unspecified atom stereocenters. The minimum Gasteiger partial charge on any atom is -0.453 e. The van der Waals surface area contributed by atoms with Crippen LogP contribution >= 0.6 is 0 Å². The Morgan fingerprint density at radius 1 is 0.880 bits per heavy atom. The SMILES string of the molecule is O=S1(=O)O[C@H]2[C@H](CCC[C@@H]2N2c3ccccc3Oc3ccccc32)O1. The molecule has 0 amide bonds. The second kappa shape index (κ2) is 5.45. The summed E-state index contributed by atoms with van der Waals surface area (Å²) in [4.78, 5) is 2.15. The van der Waals surface area contributed by atoms with Gasteiger partial charge in [-0.1, -0.05) is 24.3 Å². The van der Waals surface area contributed by atoms with Gasteiger partial charge in [0.05, 0.1) is 17.4 Å². The summed E-state index contributed by atoms with van der Waals surface area (Å²) in [6.45, 7) is 0. The Balaban J connectivity index is 1.64. The number of para-hydroxylation sites is 4. The van der Waals surface area contributed by atoms with Crippen LogP contribution in [0.3, 0.4) is 0 Å². The maximum absolute atomic E-state index is 11.8. The van der Waals surface area contributed by atoms with Crippen LogP contribution in [0, 0.1) is 0 Å². The molecule has 1 aliphatic carbocycles. The Kier molecular flexibility index (Phi) is 3.31. The largest absolute Gasteiger partial charge is 0.453 e. The Bertz CT molecular complexity index is 883. The zero-order chi connectivity index (χ0) is 17.0. The van der Waals surface area contributed by atoms with Crippen molar-refractivity contribution in [3.8, 4) is 11.5 Å². The molecule has 2 fully saturated rings. The molecule has 25 heavy (non-hydrogen) atoms. The van der Waals surface area contributed by atoms with Crippen molar-refractivity contribution in [2.75, 3.05) is 4.90 Å². The van der Waals surface area contributed by atoms with Gasteiger partial charge in [-0.15, -0.1) is 0 Å². The van der Waals surface area contributed by atoms with Crippen molar-refractivity contribution >= 4 is 21.8 Å². The molecule has 3 aliphatic rings. The molecule has 2 aliphatic heterocycles. The van der Waals surface area contributed by atoms with E-state index in [-0.39, 0.29) is 6.04 Å². The first-order valence-corrected chi connectivity index (χ1v) is 9.72. The number of fused-ring (bicyclic) bond motifs is 3. The lowest BCUT2D eigenvalue weighted by molar-refractivity contribution is 0.0915. The minimum absolute atomic E-state index is 0.137. The van der Waals surface area contributed by atoms with Crippen LogP contribution < -0.4 is 9.64 Å². The lowest BCUT2D eigenvalue weighted by Gasteiger charge is -2.42. The van der Waals surface area contributed by atoms with Gasteiger partial charge in [0.25, 0.3) is 0 Å². The summed E-state index contributed by atoms with van der Waals surface area (Å²) in [5.74, 6) is 1.51. The number of rotatable bonds is 1. The standard InChI is InChI=1S/C18H17NO5S/c20-25(21)23-17-11-5-8-14(18(17)24-25)19-12-6-1-3-9-15(12)22-16-10-4-2-7-13(16)19/h1-4,6-7,9-10,14,17-18H,5,8,11H2/t14-,17-,18+/m0/s1. The summed E-state index contributed by atoms with van der Waals surface area (Å²) in [5.41, 5.74) is 1.83. The van der Waals surface area contributed by atoms with Crippen LogP contribution in [0.1, 0.15) is 19.3 Å². The summed E-state index contributed by atoms with van der Waals surface area (Å²) in [6, 6.07) is 15.4. The first kappa shape index (κ1) is 15.2. The molecule has 1 saturated carbocycles. The highest BCUT2D eigenvalue weighted by Gasteiger charge is 2.49. The van der Waals surface area contributed by atoms with Crippen LogP contribution in [0.25, 0.3) is 0 Å². The lowest BCUT2D eigenvalue weighted by atomic mass is 9.88. The summed E-state index contributed by atoms with van der Waals surface area (Å²) >= 11 is 0. The van der Waals surface area contributed by atoms with Crippen LogP contribution in [0.5, 0.6) is 11.5 Å². The van der Waals surface area contributed by atoms with Gasteiger partial charge in [-0.2, -0.15) is 8.42 Å². The molecule has 0 radical (unpaired) electrons. The lowest BCUT2D eigenvalue weighted by Crippen LogP contribution is -2.49. The van der Waals surface area contributed by atoms with Crippen molar-refractivity contribution in [3.63, 3.8) is 0 Å². The zero-order valence-electron chi connectivity index (χ0n) is 13.4. The van der Waals surface area contributed by atoms with Crippen LogP contribution in [0.2, 0.25) is 0 Å². The van der Waals surface area contributed by atoms with Crippen molar-refractivity contribution < 1.29 is 21.5 Å². The molecule has 2 aromatic carbocycles. The molecule has 6 nitrogen and oxygen atoms in total. The van der Waals surface area contributed by atoms with E-state index in [0.717, 1.165) is 35.7 Å². The van der Waals surface area contributed by atoms with E-state index in [9.17, 15) is 8.42 Å². The number of anilines is 2. The molecule has 130 valence electrons. The molecule has 0 N–H and O–H groups in total. The number of ether oxygens (including phenoxy) is 1. The van der Waals surface area contributed by atoms with Gasteiger partial charge >= 0.3 is 10.4 Å². The molecule has 2 aromatic rings. The van der Waals surface area contributed by atoms with Crippen LogP contribution in [-0.4, -0.2) is 26.7 Å². The summed E-state index contributed by atoms with van der Waals surface area (Å²) in [6.07, 6.45) is 1.45. The van der Waals surface area contributed by atoms with E-state index in [1.54, 1.807) is 0 Å². The number of hydrogen-bond donors (Lipinski definition) is 0. The van der Waals surface area contributed by atoms with Crippen LogP contribution in [-0.2, 0) is 18.8 Å². The Morgan fingerprint density at radius 3 is 2.20 bits per heavy atom. The molecule has 0 bridgehead atoms. The summed E-state index contributed by atoms with van der Waals surface area (Å²) in [5, 5.41) is 0. The molecule has 3 atom stereocenters. The molecule has 1 saturated heterocycles. The van der Waals surface area contributed by atoms with Gasteiger partial charge in [-0.3, -0.25) is 0 Å². The number of hydrogen-bond acceptors (Lipinski definition) is 6. The van der Waals surface area contributed by atoms with E-state index in [1.807, 2.05) is 48.5 Å². The fourth-order valence-corrected chi connectivity index (χ4v) is 5.09. The fraction of sp³-hybridized carbons (Fsp3) is 0.333. The van der Waals surface area contributed by atoms with E-state index in [0.29, 0.717) is 6.42 Å². The maximum Gasteiger partial charge on any atom is 0.400 e. The van der Waals surface area contributed by atoms with Gasteiger partial charge in [0, 0.05) is 0 Å². The van der Waals surface area contributed by atoms with E-state index in [1.165, 1.54) is 0 Å². The number of nitrogens with zero attached hydrogens (tertiary/aromatic N) is 1. The minimum atomic E-state index is -3.91. The van der Waals surface area contributed by atoms with Gasteiger partial charge in [0.2, 0.25) is 0 Å². The van der Waals surface area contributed by atoms with Crippen molar-refractivity contribution in [2.24, 2.45) is 0 Å². The van der Waals surface area contributed by atoms with Crippen molar-refractivity contribution in [2.45, 2.75) is 37.5 Å².